The number of nitrogens with zero attached hydrogens (tertiary/aromatic N) is 1. The number of anilines is 2. The Hall–Kier alpha value is -1.81. The van der Waals surface area contributed by atoms with E-state index in [9.17, 15) is 4.79 Å². The first kappa shape index (κ1) is 13.6. The molecule has 2 N–H and O–H groups in total. The second-order valence-electron chi connectivity index (χ2n) is 4.12. The van der Waals surface area contributed by atoms with Gasteiger partial charge in [-0.2, -0.15) is 0 Å². The molecule has 0 radical (unpaired) electrons. The predicted molar refractivity (Wildman–Crippen MR) is 82.3 cm³/mol. The molecule has 0 saturated heterocycles. The van der Waals surface area contributed by atoms with E-state index in [1.54, 1.807) is 23.1 Å². The Kier molecular flexibility index (Phi) is 4.22. The molecule has 0 heterocycles. The summed E-state index contributed by atoms with van der Waals surface area (Å²) in [4.78, 5) is 14.2. The molecule has 2 aromatic carbocycles. The van der Waals surface area contributed by atoms with Crippen LogP contribution in [0.25, 0.3) is 0 Å². The Balaban J connectivity index is 2.33. The van der Waals surface area contributed by atoms with Crippen molar-refractivity contribution in [3.05, 3.63) is 58.6 Å². The fraction of sp³-hybridized carbons (Fsp3) is 0.133. The zero-order valence-corrected chi connectivity index (χ0v) is 12.2. The highest BCUT2D eigenvalue weighted by Crippen LogP contribution is 2.23. The first-order chi connectivity index (χ1) is 9.13. The monoisotopic (exact) mass is 318 g/mol. The molecule has 98 valence electrons. The van der Waals surface area contributed by atoms with Crippen molar-refractivity contribution < 1.29 is 4.79 Å². The van der Waals surface area contributed by atoms with E-state index in [1.807, 2.05) is 37.3 Å². The zero-order valence-electron chi connectivity index (χ0n) is 10.6. The number of carbonyl (C=O) groups excluding carboxylic acids is 1. The van der Waals surface area contributed by atoms with Crippen molar-refractivity contribution in [1.29, 1.82) is 0 Å². The highest BCUT2D eigenvalue weighted by Gasteiger charge is 2.16. The van der Waals surface area contributed by atoms with Gasteiger partial charge in [0.25, 0.3) is 5.91 Å². The van der Waals surface area contributed by atoms with E-state index in [1.165, 1.54) is 0 Å². The summed E-state index contributed by atoms with van der Waals surface area (Å²) < 4.78 is 0.798. The van der Waals surface area contributed by atoms with Crippen LogP contribution in [0.15, 0.2) is 53.0 Å². The van der Waals surface area contributed by atoms with Gasteiger partial charge < -0.3 is 10.6 Å². The van der Waals surface area contributed by atoms with Gasteiger partial charge in [-0.15, -0.1) is 0 Å². The molecular formula is C15H15BrN2O. The number of nitrogen functional groups attached to an aromatic ring is 1. The number of hydrogen-bond acceptors (Lipinski definition) is 2. The summed E-state index contributed by atoms with van der Waals surface area (Å²) in [5.41, 5.74) is 7.86. The van der Waals surface area contributed by atoms with Crippen LogP contribution in [0.3, 0.4) is 0 Å². The van der Waals surface area contributed by atoms with Gasteiger partial charge in [-0.05, 0) is 53.2 Å². The van der Waals surface area contributed by atoms with Gasteiger partial charge in [0.1, 0.15) is 0 Å². The lowest BCUT2D eigenvalue weighted by Crippen LogP contribution is -2.30. The van der Waals surface area contributed by atoms with Gasteiger partial charge in [-0.1, -0.05) is 18.2 Å². The van der Waals surface area contributed by atoms with E-state index in [4.69, 9.17) is 5.73 Å². The normalized spacial score (nSPS) is 10.2. The minimum atomic E-state index is -0.0482. The topological polar surface area (TPSA) is 46.3 Å². The third-order valence-corrected chi connectivity index (χ3v) is 3.59. The predicted octanol–water partition coefficient (Wildman–Crippen LogP) is 3.70. The lowest BCUT2D eigenvalue weighted by molar-refractivity contribution is 0.0988. The van der Waals surface area contributed by atoms with Crippen molar-refractivity contribution in [1.82, 2.24) is 0 Å². The number of halogens is 1. The molecule has 0 aliphatic carbocycles. The molecule has 0 aliphatic rings. The van der Waals surface area contributed by atoms with Gasteiger partial charge in [0.15, 0.2) is 0 Å². The molecule has 19 heavy (non-hydrogen) atoms. The fourth-order valence-corrected chi connectivity index (χ4v) is 2.13. The largest absolute Gasteiger partial charge is 0.398 e. The smallest absolute Gasteiger partial charge is 0.258 e. The van der Waals surface area contributed by atoms with E-state index >= 15 is 0 Å². The summed E-state index contributed by atoms with van der Waals surface area (Å²) >= 11 is 3.33. The molecule has 0 aromatic heterocycles. The lowest BCUT2D eigenvalue weighted by atomic mass is 10.1. The number of nitrogens with two attached hydrogens (primary N) is 1. The molecule has 1 amide bonds. The Bertz CT molecular complexity index is 584. The maximum atomic E-state index is 12.5. The summed E-state index contributed by atoms with van der Waals surface area (Å²) in [6.45, 7) is 2.56. The molecule has 2 aromatic rings. The van der Waals surface area contributed by atoms with Crippen LogP contribution in [-0.4, -0.2) is 12.5 Å². The average Bonchev–Trinajstić information content (AvgIpc) is 2.44. The van der Waals surface area contributed by atoms with Crippen LogP contribution < -0.4 is 10.6 Å². The molecule has 0 unspecified atom stereocenters. The Morgan fingerprint density at radius 1 is 1.21 bits per heavy atom. The number of para-hydroxylation sites is 1. The van der Waals surface area contributed by atoms with Crippen LogP contribution in [0.1, 0.15) is 17.3 Å². The Morgan fingerprint density at radius 2 is 1.89 bits per heavy atom. The first-order valence-electron chi connectivity index (χ1n) is 6.05. The minimum absolute atomic E-state index is 0.0482. The number of carbonyl (C=O) groups is 1. The molecule has 0 aliphatic heterocycles. The number of rotatable bonds is 3. The SMILES string of the molecule is CCN(C(=O)c1ccc(Br)c(N)c1)c1ccccc1. The molecule has 3 nitrogen and oxygen atoms in total. The third-order valence-electron chi connectivity index (χ3n) is 2.87. The van der Waals surface area contributed by atoms with Gasteiger partial charge >= 0.3 is 0 Å². The fourth-order valence-electron chi connectivity index (χ4n) is 1.88. The van der Waals surface area contributed by atoms with Crippen molar-refractivity contribution in [3.63, 3.8) is 0 Å². The van der Waals surface area contributed by atoms with Gasteiger partial charge in [0, 0.05) is 28.0 Å². The van der Waals surface area contributed by atoms with Crippen molar-refractivity contribution in [2.24, 2.45) is 0 Å². The average molecular weight is 319 g/mol. The molecule has 0 saturated carbocycles. The minimum Gasteiger partial charge on any atom is -0.398 e. The lowest BCUT2D eigenvalue weighted by Gasteiger charge is -2.21. The second kappa shape index (κ2) is 5.89. The second-order valence-corrected chi connectivity index (χ2v) is 4.98. The molecule has 4 heteroatoms. The van der Waals surface area contributed by atoms with E-state index in [0.29, 0.717) is 17.8 Å². The molecule has 2 rings (SSSR count). The number of amides is 1. The van der Waals surface area contributed by atoms with Gasteiger partial charge in [-0.25, -0.2) is 0 Å². The van der Waals surface area contributed by atoms with Gasteiger partial charge in [0.2, 0.25) is 0 Å². The Labute approximate surface area is 121 Å². The molecule has 0 fully saturated rings. The highest BCUT2D eigenvalue weighted by molar-refractivity contribution is 9.10. The van der Waals surface area contributed by atoms with Crippen LogP contribution in [0.5, 0.6) is 0 Å². The van der Waals surface area contributed by atoms with Gasteiger partial charge in [-0.3, -0.25) is 4.79 Å². The maximum absolute atomic E-state index is 12.5. The molecule has 0 spiro atoms. The summed E-state index contributed by atoms with van der Waals surface area (Å²) in [7, 11) is 0. The van der Waals surface area contributed by atoms with Crippen LogP contribution in [0.2, 0.25) is 0 Å². The van der Waals surface area contributed by atoms with Crippen LogP contribution in [0.4, 0.5) is 11.4 Å². The number of hydrogen-bond donors (Lipinski definition) is 1. The standard InChI is InChI=1S/C15H15BrN2O/c1-2-18(12-6-4-3-5-7-12)15(19)11-8-9-13(16)14(17)10-11/h3-10H,2,17H2,1H3. The van der Waals surface area contributed by atoms with Crippen LogP contribution in [-0.2, 0) is 0 Å². The number of benzene rings is 2. The van der Waals surface area contributed by atoms with Crippen LogP contribution >= 0.6 is 15.9 Å². The van der Waals surface area contributed by atoms with E-state index in [-0.39, 0.29) is 5.91 Å². The van der Waals surface area contributed by atoms with E-state index in [2.05, 4.69) is 15.9 Å². The zero-order chi connectivity index (χ0) is 13.8. The van der Waals surface area contributed by atoms with Crippen molar-refractivity contribution in [2.45, 2.75) is 6.92 Å². The van der Waals surface area contributed by atoms with Crippen molar-refractivity contribution >= 4 is 33.2 Å². The first-order valence-corrected chi connectivity index (χ1v) is 6.84. The van der Waals surface area contributed by atoms with Crippen molar-refractivity contribution in [3.8, 4) is 0 Å². The summed E-state index contributed by atoms with van der Waals surface area (Å²) in [6, 6.07) is 14.9. The summed E-state index contributed by atoms with van der Waals surface area (Å²) in [5.74, 6) is -0.0482. The van der Waals surface area contributed by atoms with E-state index < -0.39 is 0 Å². The quantitative estimate of drug-likeness (QED) is 0.877. The van der Waals surface area contributed by atoms with Crippen LogP contribution in [0, 0.1) is 0 Å². The van der Waals surface area contributed by atoms with E-state index in [0.717, 1.165) is 10.2 Å². The molecule has 0 atom stereocenters. The third kappa shape index (κ3) is 2.96. The molecular weight excluding hydrogens is 304 g/mol. The maximum Gasteiger partial charge on any atom is 0.258 e. The Morgan fingerprint density at radius 3 is 2.47 bits per heavy atom. The van der Waals surface area contributed by atoms with Crippen molar-refractivity contribution in [2.75, 3.05) is 17.2 Å². The highest BCUT2D eigenvalue weighted by atomic mass is 79.9. The summed E-state index contributed by atoms with van der Waals surface area (Å²) in [5, 5.41) is 0. The van der Waals surface area contributed by atoms with Gasteiger partial charge in [0.05, 0.1) is 0 Å². The molecule has 0 bridgehead atoms. The summed E-state index contributed by atoms with van der Waals surface area (Å²) in [6.07, 6.45) is 0.